The first-order chi connectivity index (χ1) is 14.1. The van der Waals surface area contributed by atoms with Crippen molar-refractivity contribution in [1.82, 2.24) is 10.6 Å². The molecule has 3 rings (SSSR count). The molecule has 0 aliphatic carbocycles. The Labute approximate surface area is 172 Å². The van der Waals surface area contributed by atoms with Crippen molar-refractivity contribution in [2.45, 2.75) is 31.8 Å². The van der Waals surface area contributed by atoms with Crippen molar-refractivity contribution in [3.63, 3.8) is 0 Å². The van der Waals surface area contributed by atoms with Crippen LogP contribution < -0.4 is 10.6 Å². The van der Waals surface area contributed by atoms with Gasteiger partial charge in [0.15, 0.2) is 0 Å². The summed E-state index contributed by atoms with van der Waals surface area (Å²) in [5, 5.41) is 5.85. The molecule has 2 amide bonds. The van der Waals surface area contributed by atoms with E-state index in [-0.39, 0.29) is 17.9 Å². The van der Waals surface area contributed by atoms with Crippen molar-refractivity contribution in [3.8, 4) is 0 Å². The smallest absolute Gasteiger partial charge is 0.242 e. The summed E-state index contributed by atoms with van der Waals surface area (Å²) in [6, 6.07) is 28.2. The summed E-state index contributed by atoms with van der Waals surface area (Å²) in [6.07, 6.45) is 0. The number of amides is 2. The lowest BCUT2D eigenvalue weighted by Crippen LogP contribution is -2.47. The fraction of sp³-hybridized carbons (Fsp3) is 0.200. The van der Waals surface area contributed by atoms with Crippen LogP contribution >= 0.6 is 0 Å². The predicted molar refractivity (Wildman–Crippen MR) is 115 cm³/mol. The molecule has 0 aromatic heterocycles. The molecule has 0 saturated carbocycles. The quantitative estimate of drug-likeness (QED) is 0.639. The highest BCUT2D eigenvalue weighted by molar-refractivity contribution is 5.92. The monoisotopic (exact) mass is 386 g/mol. The number of nitrogens with one attached hydrogen (secondary N) is 2. The van der Waals surface area contributed by atoms with Gasteiger partial charge in [-0.2, -0.15) is 0 Å². The van der Waals surface area contributed by atoms with Gasteiger partial charge in [0.2, 0.25) is 11.8 Å². The van der Waals surface area contributed by atoms with Gasteiger partial charge in [0, 0.05) is 0 Å². The van der Waals surface area contributed by atoms with E-state index in [2.05, 4.69) is 10.6 Å². The molecule has 2 atom stereocenters. The topological polar surface area (TPSA) is 58.2 Å². The van der Waals surface area contributed by atoms with Crippen LogP contribution in [0.5, 0.6) is 0 Å². The fourth-order valence-electron chi connectivity index (χ4n) is 3.31. The lowest BCUT2D eigenvalue weighted by atomic mass is 9.90. The summed E-state index contributed by atoms with van der Waals surface area (Å²) in [4.78, 5) is 25.8. The van der Waals surface area contributed by atoms with Crippen LogP contribution in [-0.4, -0.2) is 17.9 Å². The molecular formula is C25H26N2O2. The predicted octanol–water partition coefficient (Wildman–Crippen LogP) is 4.20. The van der Waals surface area contributed by atoms with Crippen LogP contribution in [0.15, 0.2) is 91.0 Å². The zero-order valence-electron chi connectivity index (χ0n) is 16.7. The summed E-state index contributed by atoms with van der Waals surface area (Å²) < 4.78 is 0. The average molecular weight is 386 g/mol. The van der Waals surface area contributed by atoms with E-state index >= 15 is 0 Å². The average Bonchev–Trinajstić information content (AvgIpc) is 2.76. The van der Waals surface area contributed by atoms with Crippen LogP contribution in [0.1, 0.15) is 42.5 Å². The summed E-state index contributed by atoms with van der Waals surface area (Å²) in [5.74, 6) is -0.883. The molecule has 148 valence electrons. The Hall–Kier alpha value is -3.40. The van der Waals surface area contributed by atoms with Crippen molar-refractivity contribution in [1.29, 1.82) is 0 Å². The van der Waals surface area contributed by atoms with E-state index in [1.165, 1.54) is 0 Å². The minimum absolute atomic E-state index is 0.137. The Kier molecular flexibility index (Phi) is 6.80. The Morgan fingerprint density at radius 3 is 1.45 bits per heavy atom. The maximum Gasteiger partial charge on any atom is 0.242 e. The third-order valence-electron chi connectivity index (χ3n) is 4.94. The molecule has 3 aromatic rings. The van der Waals surface area contributed by atoms with E-state index in [1.54, 1.807) is 6.92 Å². The highest BCUT2D eigenvalue weighted by Gasteiger charge is 2.26. The molecule has 3 aromatic carbocycles. The van der Waals surface area contributed by atoms with Crippen molar-refractivity contribution in [3.05, 3.63) is 108 Å². The van der Waals surface area contributed by atoms with E-state index < -0.39 is 12.0 Å². The molecule has 0 fully saturated rings. The third-order valence-corrected chi connectivity index (χ3v) is 4.94. The fourth-order valence-corrected chi connectivity index (χ4v) is 3.31. The first kappa shape index (κ1) is 20.3. The van der Waals surface area contributed by atoms with E-state index in [0.29, 0.717) is 0 Å². The Bertz CT molecular complexity index is 887. The zero-order chi connectivity index (χ0) is 20.6. The normalized spacial score (nSPS) is 12.8. The van der Waals surface area contributed by atoms with E-state index in [0.717, 1.165) is 16.7 Å². The standard InChI is InChI=1S/C25H26N2O2/c1-18(20-12-6-3-7-13-20)26-24(28)19(2)27-25(29)23(21-14-8-4-9-15-21)22-16-10-5-11-17-22/h3-19,23H,1-2H3,(H,26,28)(H,27,29)/t18-,19+/m1/s1. The van der Waals surface area contributed by atoms with Gasteiger partial charge in [-0.05, 0) is 30.5 Å². The first-order valence-electron chi connectivity index (χ1n) is 9.82. The van der Waals surface area contributed by atoms with Crippen LogP contribution in [0, 0.1) is 0 Å². The second kappa shape index (κ2) is 9.69. The van der Waals surface area contributed by atoms with Gasteiger partial charge in [0.05, 0.1) is 12.0 Å². The molecule has 29 heavy (non-hydrogen) atoms. The highest BCUT2D eigenvalue weighted by atomic mass is 16.2. The van der Waals surface area contributed by atoms with Gasteiger partial charge in [-0.15, -0.1) is 0 Å². The number of benzene rings is 3. The molecule has 0 heterocycles. The third kappa shape index (κ3) is 5.32. The Morgan fingerprint density at radius 2 is 1.00 bits per heavy atom. The Morgan fingerprint density at radius 1 is 0.586 bits per heavy atom. The van der Waals surface area contributed by atoms with Gasteiger partial charge >= 0.3 is 0 Å². The lowest BCUT2D eigenvalue weighted by Gasteiger charge is -2.22. The van der Waals surface area contributed by atoms with Crippen LogP contribution in [0.3, 0.4) is 0 Å². The summed E-state index contributed by atoms with van der Waals surface area (Å²) in [6.45, 7) is 3.64. The minimum atomic E-state index is -0.649. The Balaban J connectivity index is 1.71. The second-order valence-corrected chi connectivity index (χ2v) is 7.13. The van der Waals surface area contributed by atoms with Crippen LogP contribution in [0.2, 0.25) is 0 Å². The molecule has 0 aliphatic rings. The lowest BCUT2D eigenvalue weighted by molar-refractivity contribution is -0.129. The largest absolute Gasteiger partial charge is 0.348 e. The van der Waals surface area contributed by atoms with Crippen LogP contribution in [0.25, 0.3) is 0 Å². The van der Waals surface area contributed by atoms with E-state index in [9.17, 15) is 9.59 Å². The van der Waals surface area contributed by atoms with Crippen molar-refractivity contribution in [2.75, 3.05) is 0 Å². The number of rotatable bonds is 7. The minimum Gasteiger partial charge on any atom is -0.348 e. The molecular weight excluding hydrogens is 360 g/mol. The molecule has 4 nitrogen and oxygen atoms in total. The van der Waals surface area contributed by atoms with Gasteiger partial charge in [-0.25, -0.2) is 0 Å². The van der Waals surface area contributed by atoms with Gasteiger partial charge in [-0.3, -0.25) is 9.59 Å². The van der Waals surface area contributed by atoms with Crippen molar-refractivity contribution in [2.24, 2.45) is 0 Å². The second-order valence-electron chi connectivity index (χ2n) is 7.13. The number of carbonyl (C=O) groups excluding carboxylic acids is 2. The zero-order valence-corrected chi connectivity index (χ0v) is 16.7. The first-order valence-corrected chi connectivity index (χ1v) is 9.82. The number of hydrogen-bond acceptors (Lipinski definition) is 2. The van der Waals surface area contributed by atoms with Gasteiger partial charge in [0.25, 0.3) is 0 Å². The highest BCUT2D eigenvalue weighted by Crippen LogP contribution is 2.25. The van der Waals surface area contributed by atoms with Crippen molar-refractivity contribution >= 4 is 11.8 Å². The molecule has 2 N–H and O–H groups in total. The summed E-state index contributed by atoms with van der Waals surface area (Å²) >= 11 is 0. The molecule has 0 saturated heterocycles. The van der Waals surface area contributed by atoms with Gasteiger partial charge in [-0.1, -0.05) is 91.0 Å². The van der Waals surface area contributed by atoms with Crippen LogP contribution in [0.4, 0.5) is 0 Å². The van der Waals surface area contributed by atoms with Crippen LogP contribution in [-0.2, 0) is 9.59 Å². The maximum absolute atomic E-state index is 13.1. The van der Waals surface area contributed by atoms with E-state index in [4.69, 9.17) is 0 Å². The summed E-state index contributed by atoms with van der Waals surface area (Å²) in [5.41, 5.74) is 2.80. The summed E-state index contributed by atoms with van der Waals surface area (Å²) in [7, 11) is 0. The molecule has 0 unspecified atom stereocenters. The van der Waals surface area contributed by atoms with E-state index in [1.807, 2.05) is 97.9 Å². The van der Waals surface area contributed by atoms with Gasteiger partial charge in [0.1, 0.15) is 6.04 Å². The molecule has 0 radical (unpaired) electrons. The maximum atomic E-state index is 13.1. The molecule has 0 aliphatic heterocycles. The molecule has 4 heteroatoms. The van der Waals surface area contributed by atoms with Gasteiger partial charge < -0.3 is 10.6 Å². The van der Waals surface area contributed by atoms with Crippen molar-refractivity contribution < 1.29 is 9.59 Å². The number of hydrogen-bond donors (Lipinski definition) is 2. The SMILES string of the molecule is C[C@H](NC(=O)C(c1ccccc1)c1ccccc1)C(=O)N[C@H](C)c1ccccc1. The molecule has 0 spiro atoms. The molecule has 0 bridgehead atoms. The number of carbonyl (C=O) groups is 2.